The fourth-order valence-electron chi connectivity index (χ4n) is 4.76. The summed E-state index contributed by atoms with van der Waals surface area (Å²) < 4.78 is 10.4. The number of fused-ring (bicyclic) bond motifs is 2. The normalized spacial score (nSPS) is 18.8. The van der Waals surface area contributed by atoms with Crippen molar-refractivity contribution in [2.75, 3.05) is 18.6 Å². The minimum atomic E-state index is -0.638. The van der Waals surface area contributed by atoms with Gasteiger partial charge in [-0.25, -0.2) is 9.59 Å². The molecule has 8 nitrogen and oxygen atoms in total. The molecule has 2 heterocycles. The van der Waals surface area contributed by atoms with Crippen molar-refractivity contribution in [1.82, 2.24) is 10.3 Å². The SMILES string of the molecule is COC(=O)c1ccc(C2(NC(=O)c3cncc4c3N(C(=O)OC(C)(C)C)CC43CC3)CC2)cc1. The van der Waals surface area contributed by atoms with Crippen LogP contribution in [-0.4, -0.2) is 42.2 Å². The van der Waals surface area contributed by atoms with Gasteiger partial charge in [-0.2, -0.15) is 0 Å². The van der Waals surface area contributed by atoms with Crippen LogP contribution in [0.2, 0.25) is 0 Å². The standard InChI is InChI=1S/C26H29N3O5/c1-24(2,3)34-23(32)29-15-25(9-10-25)19-14-27-13-18(20(19)29)21(30)28-26(11-12-26)17-7-5-16(6-8-17)22(31)33-4/h5-8,13-14H,9-12,15H2,1-4H3,(H,28,30). The molecule has 8 heteroatoms. The molecule has 0 atom stereocenters. The van der Waals surface area contributed by atoms with E-state index in [1.807, 2.05) is 32.9 Å². The number of pyridine rings is 1. The smallest absolute Gasteiger partial charge is 0.414 e. The fraction of sp³-hybridized carbons (Fsp3) is 0.462. The molecule has 0 saturated heterocycles. The zero-order valence-electron chi connectivity index (χ0n) is 19.9. The number of hydrogen-bond donors (Lipinski definition) is 1. The molecule has 178 valence electrons. The van der Waals surface area contributed by atoms with Crippen molar-refractivity contribution in [3.05, 3.63) is 58.9 Å². The summed E-state index contributed by atoms with van der Waals surface area (Å²) in [5.74, 6) is -0.673. The van der Waals surface area contributed by atoms with E-state index in [0.717, 1.165) is 36.8 Å². The number of methoxy groups -OCH3 is 1. The Hall–Kier alpha value is -3.42. The van der Waals surface area contributed by atoms with Gasteiger partial charge in [0.05, 0.1) is 29.5 Å². The maximum atomic E-state index is 13.5. The van der Waals surface area contributed by atoms with Gasteiger partial charge in [-0.3, -0.25) is 14.7 Å². The quantitative estimate of drug-likeness (QED) is 0.687. The number of carbonyl (C=O) groups excluding carboxylic acids is 3. The molecule has 5 rings (SSSR count). The van der Waals surface area contributed by atoms with Gasteiger partial charge in [0.2, 0.25) is 0 Å². The minimum Gasteiger partial charge on any atom is -0.465 e. The minimum absolute atomic E-state index is 0.128. The molecule has 0 radical (unpaired) electrons. The predicted molar refractivity (Wildman–Crippen MR) is 125 cm³/mol. The van der Waals surface area contributed by atoms with Gasteiger partial charge in [-0.1, -0.05) is 12.1 Å². The molecular weight excluding hydrogens is 434 g/mol. The number of anilines is 1. The van der Waals surface area contributed by atoms with Crippen molar-refractivity contribution >= 4 is 23.7 Å². The summed E-state index contributed by atoms with van der Waals surface area (Å²) in [6, 6.07) is 7.10. The summed E-state index contributed by atoms with van der Waals surface area (Å²) in [5, 5.41) is 3.17. The Morgan fingerprint density at radius 3 is 2.26 bits per heavy atom. The number of hydrogen-bond acceptors (Lipinski definition) is 6. The lowest BCUT2D eigenvalue weighted by Crippen LogP contribution is -2.39. The van der Waals surface area contributed by atoms with Crippen molar-refractivity contribution in [3.63, 3.8) is 0 Å². The van der Waals surface area contributed by atoms with Gasteiger partial charge in [-0.15, -0.1) is 0 Å². The lowest BCUT2D eigenvalue weighted by Gasteiger charge is -2.26. The fourth-order valence-corrected chi connectivity index (χ4v) is 4.76. The molecule has 1 aliphatic heterocycles. The maximum absolute atomic E-state index is 13.5. The molecule has 34 heavy (non-hydrogen) atoms. The number of esters is 1. The third-order valence-corrected chi connectivity index (χ3v) is 6.89. The highest BCUT2D eigenvalue weighted by Gasteiger charge is 2.55. The van der Waals surface area contributed by atoms with E-state index in [-0.39, 0.29) is 11.3 Å². The van der Waals surface area contributed by atoms with Gasteiger partial charge in [0.1, 0.15) is 5.60 Å². The van der Waals surface area contributed by atoms with Gasteiger partial charge in [0, 0.05) is 29.9 Å². The van der Waals surface area contributed by atoms with Crippen LogP contribution in [0.25, 0.3) is 0 Å². The molecule has 2 amide bonds. The second-order valence-corrected chi connectivity index (χ2v) is 10.5. The molecule has 2 aliphatic carbocycles. The lowest BCUT2D eigenvalue weighted by molar-refractivity contribution is 0.0577. The van der Waals surface area contributed by atoms with Crippen LogP contribution in [0.15, 0.2) is 36.7 Å². The number of nitrogens with one attached hydrogen (secondary N) is 1. The molecule has 1 aromatic heterocycles. The average molecular weight is 464 g/mol. The first-order valence-corrected chi connectivity index (χ1v) is 11.6. The summed E-state index contributed by atoms with van der Waals surface area (Å²) in [6.07, 6.45) is 6.37. The highest BCUT2D eigenvalue weighted by molar-refractivity contribution is 6.06. The molecule has 2 fully saturated rings. The molecule has 0 unspecified atom stereocenters. The molecule has 1 N–H and O–H groups in total. The Kier molecular flexibility index (Phi) is 4.97. The van der Waals surface area contributed by atoms with Gasteiger partial charge in [-0.05, 0) is 64.2 Å². The second kappa shape index (κ2) is 7.55. The molecular formula is C26H29N3O5. The lowest BCUT2D eigenvalue weighted by atomic mass is 9.98. The van der Waals surface area contributed by atoms with E-state index in [1.54, 1.807) is 23.2 Å². The van der Waals surface area contributed by atoms with Crippen LogP contribution in [-0.2, 0) is 20.4 Å². The predicted octanol–water partition coefficient (Wildman–Crippen LogP) is 4.07. The van der Waals surface area contributed by atoms with Gasteiger partial charge < -0.3 is 14.8 Å². The number of nitrogens with zero attached hydrogens (tertiary/aromatic N) is 2. The number of aromatic nitrogens is 1. The molecule has 3 aliphatic rings. The first-order chi connectivity index (χ1) is 16.1. The van der Waals surface area contributed by atoms with Crippen LogP contribution in [0.3, 0.4) is 0 Å². The Morgan fingerprint density at radius 2 is 1.71 bits per heavy atom. The summed E-state index contributed by atoms with van der Waals surface area (Å²) in [4.78, 5) is 44.3. The zero-order valence-corrected chi connectivity index (χ0v) is 19.9. The first-order valence-electron chi connectivity index (χ1n) is 11.6. The van der Waals surface area contributed by atoms with Crippen molar-refractivity contribution in [2.45, 2.75) is 63.0 Å². The summed E-state index contributed by atoms with van der Waals surface area (Å²) >= 11 is 0. The topological polar surface area (TPSA) is 97.8 Å². The number of amides is 2. The van der Waals surface area contributed by atoms with E-state index in [2.05, 4.69) is 10.3 Å². The van der Waals surface area contributed by atoms with Gasteiger partial charge in [0.15, 0.2) is 0 Å². The number of rotatable bonds is 4. The van der Waals surface area contributed by atoms with E-state index in [0.29, 0.717) is 23.4 Å². The summed E-state index contributed by atoms with van der Waals surface area (Å²) in [5.41, 5.74) is 2.05. The van der Waals surface area contributed by atoms with Crippen molar-refractivity contribution in [2.24, 2.45) is 0 Å². The van der Waals surface area contributed by atoms with Crippen LogP contribution >= 0.6 is 0 Å². The van der Waals surface area contributed by atoms with Crippen LogP contribution in [0, 0.1) is 0 Å². The van der Waals surface area contributed by atoms with Crippen LogP contribution in [0.1, 0.15) is 78.3 Å². The third-order valence-electron chi connectivity index (χ3n) is 6.89. The highest BCUT2D eigenvalue weighted by atomic mass is 16.6. The second-order valence-electron chi connectivity index (χ2n) is 10.5. The van der Waals surface area contributed by atoms with E-state index >= 15 is 0 Å². The van der Waals surface area contributed by atoms with E-state index in [9.17, 15) is 14.4 Å². The number of carbonyl (C=O) groups is 3. The number of benzene rings is 1. The van der Waals surface area contributed by atoms with E-state index in [1.165, 1.54) is 13.3 Å². The van der Waals surface area contributed by atoms with Gasteiger partial charge >= 0.3 is 12.1 Å². The average Bonchev–Trinajstić information content (AvgIpc) is 3.71. The maximum Gasteiger partial charge on any atom is 0.414 e. The molecule has 2 aromatic rings. The monoisotopic (exact) mass is 463 g/mol. The van der Waals surface area contributed by atoms with Crippen LogP contribution in [0.4, 0.5) is 10.5 Å². The molecule has 2 saturated carbocycles. The third kappa shape index (κ3) is 3.81. The Labute approximate surface area is 198 Å². The summed E-state index contributed by atoms with van der Waals surface area (Å²) in [7, 11) is 1.34. The molecule has 0 bridgehead atoms. The Balaban J connectivity index is 1.43. The van der Waals surface area contributed by atoms with E-state index < -0.39 is 23.2 Å². The summed E-state index contributed by atoms with van der Waals surface area (Å²) in [6.45, 7) is 6.00. The Morgan fingerprint density at radius 1 is 1.03 bits per heavy atom. The van der Waals surface area contributed by atoms with Crippen LogP contribution in [0.5, 0.6) is 0 Å². The van der Waals surface area contributed by atoms with Crippen molar-refractivity contribution in [1.29, 1.82) is 0 Å². The molecule has 1 aromatic carbocycles. The van der Waals surface area contributed by atoms with Gasteiger partial charge in [0.25, 0.3) is 5.91 Å². The Bertz CT molecular complexity index is 1170. The zero-order chi connectivity index (χ0) is 24.3. The first kappa shape index (κ1) is 22.4. The number of ether oxygens (including phenoxy) is 2. The van der Waals surface area contributed by atoms with Crippen LogP contribution < -0.4 is 10.2 Å². The largest absolute Gasteiger partial charge is 0.465 e. The highest BCUT2D eigenvalue weighted by Crippen LogP contribution is 2.57. The van der Waals surface area contributed by atoms with Crippen molar-refractivity contribution < 1.29 is 23.9 Å². The van der Waals surface area contributed by atoms with E-state index in [4.69, 9.17) is 9.47 Å². The molecule has 1 spiro atoms. The van der Waals surface area contributed by atoms with Crippen molar-refractivity contribution in [3.8, 4) is 0 Å².